The molecule has 27 heavy (non-hydrogen) atoms. The Bertz CT molecular complexity index is 1070. The highest BCUT2D eigenvalue weighted by Crippen LogP contribution is 2.37. The van der Waals surface area contributed by atoms with Crippen LogP contribution in [0.25, 0.3) is 10.2 Å². The predicted molar refractivity (Wildman–Crippen MR) is 98.9 cm³/mol. The van der Waals surface area contributed by atoms with Gasteiger partial charge < -0.3 is 9.84 Å². The molecule has 1 N–H and O–H groups in total. The topological polar surface area (TPSA) is 79.7 Å². The van der Waals surface area contributed by atoms with E-state index in [2.05, 4.69) is 4.98 Å². The van der Waals surface area contributed by atoms with Crippen LogP contribution in [0.5, 0.6) is 5.75 Å². The lowest BCUT2D eigenvalue weighted by atomic mass is 10.1. The van der Waals surface area contributed by atoms with Crippen LogP contribution >= 0.6 is 22.9 Å². The van der Waals surface area contributed by atoms with Crippen LogP contribution in [0.3, 0.4) is 0 Å². The van der Waals surface area contributed by atoms with E-state index in [4.69, 9.17) is 21.4 Å². The van der Waals surface area contributed by atoms with Crippen LogP contribution in [0.15, 0.2) is 36.4 Å². The molecule has 1 aromatic heterocycles. The molecular weight excluding hydrogens is 395 g/mol. The van der Waals surface area contributed by atoms with Crippen molar-refractivity contribution < 1.29 is 23.8 Å². The van der Waals surface area contributed by atoms with Gasteiger partial charge in [0.15, 0.2) is 6.10 Å². The largest absolute Gasteiger partial charge is 0.481 e. The lowest BCUT2D eigenvalue weighted by molar-refractivity contribution is -0.142. The fraction of sp³-hybridized carbons (Fsp3) is 0.167. The smallest absolute Gasteiger partial charge is 0.307 e. The molecule has 0 radical (unpaired) electrons. The summed E-state index contributed by atoms with van der Waals surface area (Å²) in [7, 11) is 0. The van der Waals surface area contributed by atoms with Gasteiger partial charge in [0.1, 0.15) is 27.1 Å². The summed E-state index contributed by atoms with van der Waals surface area (Å²) in [5, 5.41) is 9.54. The summed E-state index contributed by atoms with van der Waals surface area (Å²) >= 11 is 7.27. The molecule has 1 aliphatic rings. The van der Waals surface area contributed by atoms with Crippen molar-refractivity contribution in [3.05, 3.63) is 52.2 Å². The number of rotatable bonds is 4. The first-order chi connectivity index (χ1) is 12.9. The zero-order valence-corrected chi connectivity index (χ0v) is 15.3. The summed E-state index contributed by atoms with van der Waals surface area (Å²) in [6.45, 7) is 0.104. The fourth-order valence-corrected chi connectivity index (χ4v) is 4.14. The molecule has 6 nitrogen and oxygen atoms in total. The van der Waals surface area contributed by atoms with Crippen LogP contribution in [0.1, 0.15) is 11.4 Å². The number of anilines is 1. The van der Waals surface area contributed by atoms with Gasteiger partial charge in [-0.1, -0.05) is 23.7 Å². The Labute approximate surface area is 161 Å². The lowest BCUT2D eigenvalue weighted by Gasteiger charge is -2.33. The van der Waals surface area contributed by atoms with E-state index >= 15 is 0 Å². The number of fused-ring (bicyclic) bond motifs is 2. The molecule has 4 rings (SSSR count). The van der Waals surface area contributed by atoms with E-state index in [1.165, 1.54) is 22.3 Å². The third-order valence-corrected chi connectivity index (χ3v) is 5.48. The van der Waals surface area contributed by atoms with E-state index in [9.17, 15) is 14.0 Å². The minimum absolute atomic E-state index is 0.0625. The monoisotopic (exact) mass is 406 g/mol. The highest BCUT2D eigenvalue weighted by atomic mass is 35.5. The van der Waals surface area contributed by atoms with Crippen molar-refractivity contribution in [1.82, 2.24) is 4.98 Å². The van der Waals surface area contributed by atoms with Gasteiger partial charge in [0, 0.05) is 0 Å². The zero-order valence-electron chi connectivity index (χ0n) is 13.7. The second-order valence-corrected chi connectivity index (χ2v) is 7.41. The van der Waals surface area contributed by atoms with E-state index in [-0.39, 0.29) is 11.6 Å². The number of hydrogen-bond acceptors (Lipinski definition) is 5. The van der Waals surface area contributed by atoms with Crippen molar-refractivity contribution in [2.45, 2.75) is 19.1 Å². The molecular formula is C18H12ClFN2O4S. The van der Waals surface area contributed by atoms with Crippen molar-refractivity contribution >= 4 is 50.7 Å². The summed E-state index contributed by atoms with van der Waals surface area (Å²) in [4.78, 5) is 29.7. The maximum Gasteiger partial charge on any atom is 0.307 e. The number of benzene rings is 2. The SMILES string of the molecule is O=C(O)CC1Oc2ccccc2N(Cc2nc3c(Cl)c(F)ccc3s2)C1=O. The highest BCUT2D eigenvalue weighted by Gasteiger charge is 2.36. The van der Waals surface area contributed by atoms with E-state index in [0.29, 0.717) is 26.7 Å². The van der Waals surface area contributed by atoms with Crippen molar-refractivity contribution in [1.29, 1.82) is 0 Å². The number of carboxylic acids is 1. The summed E-state index contributed by atoms with van der Waals surface area (Å²) < 4.78 is 19.9. The first-order valence-electron chi connectivity index (χ1n) is 7.96. The average Bonchev–Trinajstić information content (AvgIpc) is 3.05. The number of carboxylic acid groups (broad SMARTS) is 1. The highest BCUT2D eigenvalue weighted by molar-refractivity contribution is 7.18. The Balaban J connectivity index is 1.72. The third kappa shape index (κ3) is 3.22. The molecule has 1 unspecified atom stereocenters. The van der Waals surface area contributed by atoms with E-state index in [1.807, 2.05) is 0 Å². The van der Waals surface area contributed by atoms with Gasteiger partial charge in [0.05, 0.1) is 23.4 Å². The van der Waals surface area contributed by atoms with E-state index in [0.717, 1.165) is 0 Å². The summed E-state index contributed by atoms with van der Waals surface area (Å²) in [5.41, 5.74) is 0.869. The van der Waals surface area contributed by atoms with Crippen LogP contribution in [0.4, 0.5) is 10.1 Å². The van der Waals surface area contributed by atoms with Gasteiger partial charge in [-0.15, -0.1) is 11.3 Å². The van der Waals surface area contributed by atoms with Gasteiger partial charge >= 0.3 is 5.97 Å². The second-order valence-electron chi connectivity index (χ2n) is 5.91. The van der Waals surface area contributed by atoms with E-state index < -0.39 is 30.2 Å². The number of aromatic nitrogens is 1. The molecule has 0 bridgehead atoms. The van der Waals surface area contributed by atoms with Crippen LogP contribution in [0, 0.1) is 5.82 Å². The Morgan fingerprint density at radius 2 is 2.11 bits per heavy atom. The Morgan fingerprint density at radius 1 is 1.33 bits per heavy atom. The Kier molecular flexibility index (Phi) is 4.45. The van der Waals surface area contributed by atoms with Crippen molar-refractivity contribution in [3.8, 4) is 5.75 Å². The molecule has 0 saturated carbocycles. The first kappa shape index (κ1) is 17.7. The molecule has 3 aromatic rings. The zero-order chi connectivity index (χ0) is 19.1. The minimum atomic E-state index is -1.13. The molecule has 9 heteroatoms. The first-order valence-corrected chi connectivity index (χ1v) is 9.16. The molecule has 2 heterocycles. The summed E-state index contributed by atoms with van der Waals surface area (Å²) in [6.07, 6.45) is -1.56. The van der Waals surface area contributed by atoms with Gasteiger partial charge in [0.2, 0.25) is 0 Å². The molecule has 1 aliphatic heterocycles. The summed E-state index contributed by atoms with van der Waals surface area (Å²) in [5.74, 6) is -1.73. The van der Waals surface area contributed by atoms with E-state index in [1.54, 1.807) is 30.3 Å². The third-order valence-electron chi connectivity index (χ3n) is 4.12. The molecule has 2 aromatic carbocycles. The number of ether oxygens (including phenoxy) is 1. The van der Waals surface area contributed by atoms with Gasteiger partial charge in [-0.25, -0.2) is 9.37 Å². The van der Waals surface area contributed by atoms with Gasteiger partial charge in [-0.3, -0.25) is 14.5 Å². The number of thiazole rings is 1. The van der Waals surface area contributed by atoms with Gasteiger partial charge in [-0.05, 0) is 24.3 Å². The molecule has 0 saturated heterocycles. The number of amides is 1. The number of halogens is 2. The standard InChI is InChI=1S/C18H12ClFN2O4S/c19-16-9(20)5-6-13-17(16)21-14(27-13)8-22-10-3-1-2-4-11(10)26-12(18(22)25)7-15(23)24/h1-6,12H,7-8H2,(H,23,24). The maximum absolute atomic E-state index is 13.6. The van der Waals surface area contributed by atoms with Gasteiger partial charge in [0.25, 0.3) is 5.91 Å². The second kappa shape index (κ2) is 6.79. The Morgan fingerprint density at radius 3 is 2.89 bits per heavy atom. The van der Waals surface area contributed by atoms with Crippen molar-refractivity contribution in [2.75, 3.05) is 4.90 Å². The molecule has 1 atom stereocenters. The molecule has 138 valence electrons. The number of hydrogen-bond donors (Lipinski definition) is 1. The predicted octanol–water partition coefficient (Wildman–Crippen LogP) is 3.86. The molecule has 0 spiro atoms. The number of aliphatic carboxylic acids is 1. The van der Waals surface area contributed by atoms with Crippen molar-refractivity contribution in [2.24, 2.45) is 0 Å². The van der Waals surface area contributed by atoms with Crippen LogP contribution in [0.2, 0.25) is 5.02 Å². The Hall–Kier alpha value is -2.71. The minimum Gasteiger partial charge on any atom is -0.481 e. The quantitative estimate of drug-likeness (QED) is 0.711. The lowest BCUT2D eigenvalue weighted by Crippen LogP contribution is -2.46. The van der Waals surface area contributed by atoms with Crippen molar-refractivity contribution in [3.63, 3.8) is 0 Å². The molecule has 1 amide bonds. The summed E-state index contributed by atoms with van der Waals surface area (Å²) in [6, 6.07) is 9.73. The normalized spacial score (nSPS) is 16.3. The van der Waals surface area contributed by atoms with Crippen LogP contribution < -0.4 is 9.64 Å². The molecule has 0 fully saturated rings. The number of carbonyl (C=O) groups is 2. The molecule has 0 aliphatic carbocycles. The average molecular weight is 407 g/mol. The number of carbonyl (C=O) groups excluding carboxylic acids is 1. The van der Waals surface area contributed by atoms with Gasteiger partial charge in [-0.2, -0.15) is 0 Å². The fourth-order valence-electron chi connectivity index (χ4n) is 2.91. The number of para-hydroxylation sites is 2. The maximum atomic E-state index is 13.6. The number of nitrogens with zero attached hydrogens (tertiary/aromatic N) is 2. The van der Waals surface area contributed by atoms with Crippen LogP contribution in [-0.4, -0.2) is 28.1 Å². The van der Waals surface area contributed by atoms with Crippen LogP contribution in [-0.2, 0) is 16.1 Å².